The van der Waals surface area contributed by atoms with Gasteiger partial charge in [0.25, 0.3) is 5.91 Å². The number of aromatic nitrogens is 1. The van der Waals surface area contributed by atoms with Gasteiger partial charge in [0.1, 0.15) is 23.0 Å². The second kappa shape index (κ2) is 6.24. The Hall–Kier alpha value is -3.26. The van der Waals surface area contributed by atoms with E-state index in [-0.39, 0.29) is 17.0 Å². The van der Waals surface area contributed by atoms with E-state index in [1.54, 1.807) is 23.9 Å². The van der Waals surface area contributed by atoms with E-state index in [0.29, 0.717) is 18.2 Å². The van der Waals surface area contributed by atoms with Crippen LogP contribution in [0, 0.1) is 18.3 Å². The first-order valence-corrected chi connectivity index (χ1v) is 7.19. The third-order valence-corrected chi connectivity index (χ3v) is 3.54. The van der Waals surface area contributed by atoms with Crippen LogP contribution in [0.1, 0.15) is 27.2 Å². The number of hydrogen-bond acceptors (Lipinski definition) is 3. The molecule has 0 spiro atoms. The first-order valence-electron chi connectivity index (χ1n) is 7.19. The van der Waals surface area contributed by atoms with Crippen molar-refractivity contribution >= 4 is 5.91 Å². The Labute approximate surface area is 133 Å². The van der Waals surface area contributed by atoms with Crippen LogP contribution in [0.4, 0.5) is 0 Å². The molecule has 114 valence electrons. The average Bonchev–Trinajstić information content (AvgIpc) is 3.20. The molecule has 0 aliphatic heterocycles. The van der Waals surface area contributed by atoms with E-state index in [4.69, 9.17) is 4.42 Å². The number of nitrogens with zero attached hydrogens (tertiary/aromatic N) is 2. The fraction of sp³-hybridized carbons (Fsp3) is 0.111. The molecule has 0 unspecified atom stereocenters. The molecule has 0 bridgehead atoms. The molecule has 1 N–H and O–H groups in total. The van der Waals surface area contributed by atoms with E-state index >= 15 is 0 Å². The maximum absolute atomic E-state index is 12.5. The van der Waals surface area contributed by atoms with Crippen molar-refractivity contribution in [2.75, 3.05) is 0 Å². The van der Waals surface area contributed by atoms with Gasteiger partial charge in [0.15, 0.2) is 0 Å². The van der Waals surface area contributed by atoms with Gasteiger partial charge in [0.05, 0.1) is 0 Å². The molecule has 0 saturated carbocycles. The lowest BCUT2D eigenvalue weighted by Gasteiger charge is -2.04. The zero-order chi connectivity index (χ0) is 16.2. The molecule has 3 rings (SSSR count). The molecule has 0 radical (unpaired) electrons. The number of carbonyl (C=O) groups is 1. The average molecular weight is 305 g/mol. The zero-order valence-electron chi connectivity index (χ0n) is 12.6. The fourth-order valence-corrected chi connectivity index (χ4v) is 2.43. The maximum Gasteiger partial charge on any atom is 0.256 e. The number of aryl methyl sites for hydroxylation is 1. The second-order valence-electron chi connectivity index (χ2n) is 5.08. The van der Waals surface area contributed by atoms with Crippen molar-refractivity contribution < 1.29 is 9.21 Å². The maximum atomic E-state index is 12.5. The summed E-state index contributed by atoms with van der Waals surface area (Å²) in [5.41, 5.74) is 1.52. The molecule has 2 heterocycles. The fourth-order valence-electron chi connectivity index (χ4n) is 2.43. The largest absolute Gasteiger partial charge is 0.443 e. The molecule has 0 aliphatic carbocycles. The van der Waals surface area contributed by atoms with Gasteiger partial charge < -0.3 is 9.73 Å². The van der Waals surface area contributed by atoms with E-state index in [1.165, 1.54) is 0 Å². The van der Waals surface area contributed by atoms with Gasteiger partial charge in [0, 0.05) is 18.9 Å². The lowest BCUT2D eigenvalue weighted by atomic mass is 10.1. The Morgan fingerprint density at radius 1 is 1.22 bits per heavy atom. The van der Waals surface area contributed by atoms with Crippen molar-refractivity contribution in [2.45, 2.75) is 13.5 Å². The Balaban J connectivity index is 1.88. The molecule has 1 amide bonds. The summed E-state index contributed by atoms with van der Waals surface area (Å²) in [5, 5.41) is 12.3. The van der Waals surface area contributed by atoms with Crippen molar-refractivity contribution in [1.29, 1.82) is 5.26 Å². The van der Waals surface area contributed by atoms with Gasteiger partial charge in [-0.15, -0.1) is 0 Å². The van der Waals surface area contributed by atoms with Crippen molar-refractivity contribution in [3.63, 3.8) is 0 Å². The quantitative estimate of drug-likeness (QED) is 0.804. The highest BCUT2D eigenvalue weighted by atomic mass is 16.4. The first kappa shape index (κ1) is 14.7. The molecule has 3 aromatic rings. The number of rotatable bonds is 4. The lowest BCUT2D eigenvalue weighted by molar-refractivity contribution is 0.0949. The Morgan fingerprint density at radius 2 is 1.91 bits per heavy atom. The number of furan rings is 1. The highest BCUT2D eigenvalue weighted by molar-refractivity contribution is 5.98. The van der Waals surface area contributed by atoms with Crippen molar-refractivity contribution in [3.8, 4) is 12.0 Å². The van der Waals surface area contributed by atoms with Crippen LogP contribution in [0.15, 0.2) is 59.3 Å². The molecular formula is C18H15N3O2. The molecular weight excluding hydrogens is 290 g/mol. The van der Waals surface area contributed by atoms with E-state index in [0.717, 1.165) is 5.56 Å². The molecule has 1 aromatic carbocycles. The summed E-state index contributed by atoms with van der Waals surface area (Å²) in [4.78, 5) is 12.5. The van der Waals surface area contributed by atoms with E-state index in [2.05, 4.69) is 11.4 Å². The minimum absolute atomic E-state index is 0.240. The van der Waals surface area contributed by atoms with Crippen LogP contribution in [0.25, 0.3) is 5.88 Å². The lowest BCUT2D eigenvalue weighted by Crippen LogP contribution is -2.23. The van der Waals surface area contributed by atoms with Gasteiger partial charge in [-0.25, -0.2) is 0 Å². The van der Waals surface area contributed by atoms with Gasteiger partial charge in [0.2, 0.25) is 5.88 Å². The third-order valence-electron chi connectivity index (χ3n) is 3.54. The molecule has 0 fully saturated rings. The Morgan fingerprint density at radius 3 is 2.57 bits per heavy atom. The van der Waals surface area contributed by atoms with Crippen LogP contribution >= 0.6 is 0 Å². The smallest absolute Gasteiger partial charge is 0.256 e. The zero-order valence-corrected chi connectivity index (χ0v) is 12.6. The van der Waals surface area contributed by atoms with Gasteiger partial charge in [-0.1, -0.05) is 30.3 Å². The normalized spacial score (nSPS) is 10.3. The van der Waals surface area contributed by atoms with Crippen LogP contribution < -0.4 is 5.32 Å². The number of hydrogen-bond donors (Lipinski definition) is 1. The van der Waals surface area contributed by atoms with Crippen molar-refractivity contribution in [2.24, 2.45) is 0 Å². The molecule has 0 saturated heterocycles. The number of amides is 1. The van der Waals surface area contributed by atoms with Crippen molar-refractivity contribution in [1.82, 2.24) is 9.88 Å². The highest BCUT2D eigenvalue weighted by Gasteiger charge is 2.24. The van der Waals surface area contributed by atoms with E-state index in [1.807, 2.05) is 42.5 Å². The summed E-state index contributed by atoms with van der Waals surface area (Å²) in [6, 6.07) is 15.3. The number of benzene rings is 1. The predicted molar refractivity (Wildman–Crippen MR) is 85.1 cm³/mol. The Kier molecular flexibility index (Phi) is 3.98. The molecule has 5 nitrogen and oxygen atoms in total. The minimum atomic E-state index is -0.315. The molecule has 0 aliphatic rings. The summed E-state index contributed by atoms with van der Waals surface area (Å²) in [7, 11) is 0. The molecule has 23 heavy (non-hydrogen) atoms. The minimum Gasteiger partial charge on any atom is -0.443 e. The van der Waals surface area contributed by atoms with Gasteiger partial charge in [-0.3, -0.25) is 9.36 Å². The topological polar surface area (TPSA) is 71.0 Å². The third kappa shape index (κ3) is 2.87. The van der Waals surface area contributed by atoms with Crippen molar-refractivity contribution in [3.05, 3.63) is 77.3 Å². The summed E-state index contributed by atoms with van der Waals surface area (Å²) in [5.74, 6) is 0.473. The highest BCUT2D eigenvalue weighted by Crippen LogP contribution is 2.25. The SMILES string of the molecule is Cc1oc(-n2cccc2)c(C#N)c1C(=O)NCc1ccccc1. The predicted octanol–water partition coefficient (Wildman–Crippen LogP) is 3.18. The summed E-state index contributed by atoms with van der Waals surface area (Å²) < 4.78 is 7.31. The van der Waals surface area contributed by atoms with Crippen LogP contribution in [0.2, 0.25) is 0 Å². The van der Waals surface area contributed by atoms with Gasteiger partial charge in [-0.05, 0) is 24.6 Å². The molecule has 0 atom stereocenters. The number of nitrogens with one attached hydrogen (secondary N) is 1. The van der Waals surface area contributed by atoms with Gasteiger partial charge in [-0.2, -0.15) is 5.26 Å². The number of carbonyl (C=O) groups excluding carboxylic acids is 1. The van der Waals surface area contributed by atoms with Crippen LogP contribution in [0.5, 0.6) is 0 Å². The molecule has 2 aromatic heterocycles. The van der Waals surface area contributed by atoms with E-state index < -0.39 is 0 Å². The number of nitriles is 1. The standard InChI is InChI=1S/C18H15N3O2/c1-13-16(17(22)20-12-14-7-3-2-4-8-14)15(11-19)18(23-13)21-9-5-6-10-21/h2-10H,12H2,1H3,(H,20,22). The van der Waals surface area contributed by atoms with Gasteiger partial charge >= 0.3 is 0 Å². The monoisotopic (exact) mass is 305 g/mol. The molecule has 5 heteroatoms. The van der Waals surface area contributed by atoms with E-state index in [9.17, 15) is 10.1 Å². The Bertz CT molecular complexity index is 856. The first-order chi connectivity index (χ1) is 11.2. The summed E-state index contributed by atoms with van der Waals surface area (Å²) >= 11 is 0. The van der Waals surface area contributed by atoms with Crippen LogP contribution in [0.3, 0.4) is 0 Å². The van der Waals surface area contributed by atoms with Crippen LogP contribution in [-0.2, 0) is 6.54 Å². The van der Waals surface area contributed by atoms with Crippen LogP contribution in [-0.4, -0.2) is 10.5 Å². The summed E-state index contributed by atoms with van der Waals surface area (Å²) in [6.45, 7) is 2.08. The second-order valence-corrected chi connectivity index (χ2v) is 5.08. The summed E-state index contributed by atoms with van der Waals surface area (Å²) in [6.07, 6.45) is 3.54.